The fraction of sp³-hybridized carbons (Fsp3) is 0.167. The highest BCUT2D eigenvalue weighted by Gasteiger charge is 2.08. The third kappa shape index (κ3) is 3.52. The van der Waals surface area contributed by atoms with Crippen molar-refractivity contribution in [3.63, 3.8) is 0 Å². The maximum Gasteiger partial charge on any atom is 0.190 e. The molecule has 0 atom stereocenters. The zero-order valence-corrected chi connectivity index (χ0v) is 12.2. The first-order valence-electron chi connectivity index (χ1n) is 5.47. The number of para-hydroxylation sites is 1. The summed E-state index contributed by atoms with van der Waals surface area (Å²) < 4.78 is 5.32. The van der Waals surface area contributed by atoms with E-state index in [0.29, 0.717) is 11.0 Å². The SMILES string of the molecule is COc1ccccc1Sc1cc(NN)nc(SC)n1. The molecule has 2 aromatic rings. The van der Waals surface area contributed by atoms with Crippen molar-refractivity contribution in [2.45, 2.75) is 15.1 Å². The lowest BCUT2D eigenvalue weighted by molar-refractivity contribution is 0.405. The molecule has 5 nitrogen and oxygen atoms in total. The molecule has 0 radical (unpaired) electrons. The number of ether oxygens (including phenoxy) is 1. The molecule has 0 amide bonds. The van der Waals surface area contributed by atoms with Crippen LogP contribution in [0.5, 0.6) is 5.75 Å². The monoisotopic (exact) mass is 294 g/mol. The van der Waals surface area contributed by atoms with E-state index in [-0.39, 0.29) is 0 Å². The van der Waals surface area contributed by atoms with E-state index in [2.05, 4.69) is 15.4 Å². The number of nitrogens with one attached hydrogen (secondary N) is 1. The second kappa shape index (κ2) is 6.65. The molecule has 0 fully saturated rings. The van der Waals surface area contributed by atoms with E-state index in [1.54, 1.807) is 13.2 Å². The highest BCUT2D eigenvalue weighted by atomic mass is 32.2. The number of anilines is 1. The van der Waals surface area contributed by atoms with Gasteiger partial charge in [0.1, 0.15) is 16.6 Å². The predicted molar refractivity (Wildman–Crippen MR) is 78.7 cm³/mol. The maximum atomic E-state index is 5.41. The van der Waals surface area contributed by atoms with E-state index in [4.69, 9.17) is 10.6 Å². The van der Waals surface area contributed by atoms with Crippen LogP contribution in [0.25, 0.3) is 0 Å². The Labute approximate surface area is 120 Å². The van der Waals surface area contributed by atoms with E-state index in [1.165, 1.54) is 23.5 Å². The summed E-state index contributed by atoms with van der Waals surface area (Å²) in [7, 11) is 1.65. The van der Waals surface area contributed by atoms with Crippen molar-refractivity contribution in [3.05, 3.63) is 30.3 Å². The lowest BCUT2D eigenvalue weighted by atomic mass is 10.3. The Balaban J connectivity index is 2.32. The number of hydrogen-bond donors (Lipinski definition) is 2. The third-order valence-corrected chi connectivity index (χ3v) is 3.82. The lowest BCUT2D eigenvalue weighted by Crippen LogP contribution is -2.09. The van der Waals surface area contributed by atoms with Crippen LogP contribution < -0.4 is 16.0 Å². The molecule has 1 aromatic carbocycles. The van der Waals surface area contributed by atoms with Crippen molar-refractivity contribution in [3.8, 4) is 5.75 Å². The molecule has 3 N–H and O–H groups in total. The van der Waals surface area contributed by atoms with Crippen molar-refractivity contribution in [2.75, 3.05) is 18.8 Å². The molecule has 0 spiro atoms. The summed E-state index contributed by atoms with van der Waals surface area (Å²) in [4.78, 5) is 9.66. The van der Waals surface area contributed by atoms with Gasteiger partial charge in [-0.3, -0.25) is 0 Å². The molecule has 0 unspecified atom stereocenters. The van der Waals surface area contributed by atoms with Crippen LogP contribution in [-0.2, 0) is 0 Å². The molecule has 0 aliphatic carbocycles. The Morgan fingerprint density at radius 3 is 2.74 bits per heavy atom. The van der Waals surface area contributed by atoms with Gasteiger partial charge in [-0.15, -0.1) is 0 Å². The average molecular weight is 294 g/mol. The normalized spacial score (nSPS) is 10.3. The second-order valence-corrected chi connectivity index (χ2v) is 5.31. The molecule has 100 valence electrons. The molecule has 0 saturated carbocycles. The standard InChI is InChI=1S/C12H14N4OS2/c1-17-8-5-3-4-6-9(8)19-11-7-10(16-13)14-12(15-11)18-2/h3-7H,13H2,1-2H3,(H,14,15,16). The number of rotatable bonds is 5. The molecule has 2 rings (SSSR count). The predicted octanol–water partition coefficient (Wildman–Crippen LogP) is 2.64. The van der Waals surface area contributed by atoms with Gasteiger partial charge in [0.25, 0.3) is 0 Å². The van der Waals surface area contributed by atoms with E-state index in [9.17, 15) is 0 Å². The van der Waals surface area contributed by atoms with E-state index < -0.39 is 0 Å². The molecular formula is C12H14N4OS2. The molecule has 1 heterocycles. The van der Waals surface area contributed by atoms with Crippen LogP contribution in [0.15, 0.2) is 45.4 Å². The van der Waals surface area contributed by atoms with Crippen LogP contribution in [-0.4, -0.2) is 23.3 Å². The molecule has 0 bridgehead atoms. The number of methoxy groups -OCH3 is 1. The number of nitrogens with zero attached hydrogens (tertiary/aromatic N) is 2. The van der Waals surface area contributed by atoms with Gasteiger partial charge in [0.2, 0.25) is 0 Å². The maximum absolute atomic E-state index is 5.41. The third-order valence-electron chi connectivity index (χ3n) is 2.30. The van der Waals surface area contributed by atoms with E-state index >= 15 is 0 Å². The van der Waals surface area contributed by atoms with Gasteiger partial charge in [0, 0.05) is 6.07 Å². The lowest BCUT2D eigenvalue weighted by Gasteiger charge is -2.08. The zero-order chi connectivity index (χ0) is 13.7. The number of aromatic nitrogens is 2. The smallest absolute Gasteiger partial charge is 0.190 e. The average Bonchev–Trinajstić information content (AvgIpc) is 2.47. The number of nitrogen functional groups attached to an aromatic ring is 1. The number of hydrazine groups is 1. The van der Waals surface area contributed by atoms with Crippen LogP contribution in [0.2, 0.25) is 0 Å². The molecule has 0 saturated heterocycles. The topological polar surface area (TPSA) is 73.1 Å². The number of thioether (sulfide) groups is 1. The second-order valence-electron chi connectivity index (χ2n) is 3.48. The Kier molecular flexibility index (Phi) is 4.89. The Bertz CT molecular complexity index is 543. The summed E-state index contributed by atoms with van der Waals surface area (Å²) in [6.45, 7) is 0. The van der Waals surface area contributed by atoms with Gasteiger partial charge in [0.05, 0.1) is 12.0 Å². The first-order valence-corrected chi connectivity index (χ1v) is 7.51. The highest BCUT2D eigenvalue weighted by molar-refractivity contribution is 7.99. The van der Waals surface area contributed by atoms with Crippen molar-refractivity contribution in [1.82, 2.24) is 9.97 Å². The van der Waals surface area contributed by atoms with Gasteiger partial charge in [-0.1, -0.05) is 35.7 Å². The fourth-order valence-corrected chi connectivity index (χ4v) is 2.80. The van der Waals surface area contributed by atoms with Crippen molar-refractivity contribution < 1.29 is 4.74 Å². The minimum atomic E-state index is 0.594. The van der Waals surface area contributed by atoms with Crippen LogP contribution in [0.1, 0.15) is 0 Å². The van der Waals surface area contributed by atoms with Crippen LogP contribution in [0, 0.1) is 0 Å². The Morgan fingerprint density at radius 2 is 2.05 bits per heavy atom. The van der Waals surface area contributed by atoms with Crippen LogP contribution in [0.4, 0.5) is 5.82 Å². The Hall–Kier alpha value is -1.44. The number of benzene rings is 1. The van der Waals surface area contributed by atoms with Gasteiger partial charge in [0.15, 0.2) is 5.16 Å². The van der Waals surface area contributed by atoms with E-state index in [1.807, 2.05) is 30.5 Å². The van der Waals surface area contributed by atoms with Crippen molar-refractivity contribution in [2.24, 2.45) is 5.84 Å². The number of nitrogens with two attached hydrogens (primary N) is 1. The minimum Gasteiger partial charge on any atom is -0.496 e. The fourth-order valence-electron chi connectivity index (χ4n) is 1.44. The summed E-state index contributed by atoms with van der Waals surface area (Å²) in [5, 5.41) is 1.49. The summed E-state index contributed by atoms with van der Waals surface area (Å²) in [6.07, 6.45) is 1.92. The largest absolute Gasteiger partial charge is 0.496 e. The van der Waals surface area contributed by atoms with Gasteiger partial charge in [-0.05, 0) is 18.4 Å². The number of hydrogen-bond acceptors (Lipinski definition) is 7. The van der Waals surface area contributed by atoms with Crippen LogP contribution in [0.3, 0.4) is 0 Å². The quantitative estimate of drug-likeness (QED) is 0.289. The van der Waals surface area contributed by atoms with Gasteiger partial charge < -0.3 is 10.2 Å². The first-order chi connectivity index (χ1) is 9.26. The zero-order valence-electron chi connectivity index (χ0n) is 10.6. The summed E-state index contributed by atoms with van der Waals surface area (Å²) in [5.74, 6) is 6.82. The molecular weight excluding hydrogens is 280 g/mol. The van der Waals surface area contributed by atoms with E-state index in [0.717, 1.165) is 15.7 Å². The molecule has 0 aliphatic rings. The molecule has 7 heteroatoms. The minimum absolute atomic E-state index is 0.594. The summed E-state index contributed by atoms with van der Waals surface area (Å²) in [6, 6.07) is 9.60. The van der Waals surface area contributed by atoms with Crippen LogP contribution >= 0.6 is 23.5 Å². The first kappa shape index (κ1) is 14.0. The highest BCUT2D eigenvalue weighted by Crippen LogP contribution is 2.34. The van der Waals surface area contributed by atoms with Gasteiger partial charge in [-0.25, -0.2) is 15.8 Å². The van der Waals surface area contributed by atoms with Gasteiger partial charge >= 0.3 is 0 Å². The summed E-state index contributed by atoms with van der Waals surface area (Å²) in [5.41, 5.74) is 2.55. The molecule has 1 aromatic heterocycles. The van der Waals surface area contributed by atoms with Gasteiger partial charge in [-0.2, -0.15) is 0 Å². The Morgan fingerprint density at radius 1 is 1.26 bits per heavy atom. The molecule has 0 aliphatic heterocycles. The van der Waals surface area contributed by atoms with Crippen molar-refractivity contribution >= 4 is 29.3 Å². The van der Waals surface area contributed by atoms with Crippen molar-refractivity contribution in [1.29, 1.82) is 0 Å². The summed E-state index contributed by atoms with van der Waals surface area (Å²) >= 11 is 2.98. The molecule has 19 heavy (non-hydrogen) atoms.